The Bertz CT molecular complexity index is 1540. The molecule has 5 rings (SSSR count). The van der Waals surface area contributed by atoms with Crippen molar-refractivity contribution in [2.75, 3.05) is 51.8 Å². The summed E-state index contributed by atoms with van der Waals surface area (Å²) in [7, 11) is -1.07. The van der Waals surface area contributed by atoms with E-state index in [1.165, 1.54) is 15.5 Å². The maximum Gasteiger partial charge on any atom is 0.319 e. The van der Waals surface area contributed by atoms with Crippen molar-refractivity contribution in [3.8, 4) is 10.8 Å². The number of aromatic nitrogens is 4. The fourth-order valence-electron chi connectivity index (χ4n) is 4.34. The van der Waals surface area contributed by atoms with Crippen LogP contribution in [0, 0.1) is 0 Å². The van der Waals surface area contributed by atoms with Crippen molar-refractivity contribution in [2.45, 2.75) is 29.7 Å². The van der Waals surface area contributed by atoms with Gasteiger partial charge in [0.25, 0.3) is 6.43 Å². The van der Waals surface area contributed by atoms with Gasteiger partial charge in [-0.2, -0.15) is 0 Å². The van der Waals surface area contributed by atoms with E-state index in [0.29, 0.717) is 37.3 Å². The number of halogens is 5. The van der Waals surface area contributed by atoms with Gasteiger partial charge in [-0.3, -0.25) is 4.40 Å². The van der Waals surface area contributed by atoms with Crippen LogP contribution in [-0.4, -0.2) is 96.3 Å². The van der Waals surface area contributed by atoms with Gasteiger partial charge in [0.15, 0.2) is 21.0 Å². The van der Waals surface area contributed by atoms with Crippen molar-refractivity contribution in [2.24, 2.45) is 0 Å². The van der Waals surface area contributed by atoms with Crippen molar-refractivity contribution in [1.82, 2.24) is 34.1 Å². The van der Waals surface area contributed by atoms with Crippen molar-refractivity contribution in [3.05, 3.63) is 21.4 Å². The molecule has 0 unspecified atom stereocenters. The van der Waals surface area contributed by atoms with Gasteiger partial charge in [0, 0.05) is 46.5 Å². The quantitative estimate of drug-likeness (QED) is 0.425. The molecule has 0 radical (unpaired) electrons. The van der Waals surface area contributed by atoms with Crippen molar-refractivity contribution < 1.29 is 26.4 Å². The second-order valence-corrected chi connectivity index (χ2v) is 12.9. The normalized spacial score (nSPS) is 17.3. The number of rotatable bonds is 7. The monoisotopic (exact) mass is 626 g/mol. The average molecular weight is 628 g/mol. The number of pyridine rings is 1. The minimum atomic E-state index is -4.35. The molecule has 39 heavy (non-hydrogen) atoms. The number of amides is 2. The van der Waals surface area contributed by atoms with E-state index in [2.05, 4.69) is 19.9 Å². The van der Waals surface area contributed by atoms with E-state index >= 15 is 0 Å². The predicted octanol–water partition coefficient (Wildman–Crippen LogP) is 3.68. The molecule has 0 atom stereocenters. The molecule has 1 saturated carbocycles. The molecular formula is C21H23Cl2F3N8O3S2. The fourth-order valence-corrected chi connectivity index (χ4v) is 7.36. The number of nitrogens with one attached hydrogen (secondary N) is 1. The van der Waals surface area contributed by atoms with Crippen molar-refractivity contribution in [1.29, 1.82) is 0 Å². The van der Waals surface area contributed by atoms with Gasteiger partial charge in [0.1, 0.15) is 17.1 Å². The zero-order valence-electron chi connectivity index (χ0n) is 20.7. The largest absolute Gasteiger partial charge is 0.365 e. The van der Waals surface area contributed by atoms with Crippen LogP contribution in [-0.2, 0) is 10.0 Å². The lowest BCUT2D eigenvalue weighted by Gasteiger charge is -2.38. The van der Waals surface area contributed by atoms with Gasteiger partial charge >= 0.3 is 6.03 Å². The number of carbonyl (C=O) groups is 1. The number of urea groups is 1. The van der Waals surface area contributed by atoms with Crippen molar-refractivity contribution in [3.63, 3.8) is 0 Å². The average Bonchev–Trinajstić information content (AvgIpc) is 3.32. The Balaban J connectivity index is 1.66. The third kappa shape index (κ3) is 5.12. The Hall–Kier alpha value is -2.40. The maximum atomic E-state index is 13.6. The van der Waals surface area contributed by atoms with E-state index in [1.54, 1.807) is 23.9 Å². The molecule has 3 aromatic rings. The van der Waals surface area contributed by atoms with Crippen LogP contribution in [0.25, 0.3) is 16.3 Å². The summed E-state index contributed by atoms with van der Waals surface area (Å²) in [5, 5.41) is 6.49. The minimum absolute atomic E-state index is 0.0122. The highest BCUT2D eigenvalue weighted by Gasteiger charge is 2.47. The third-order valence-electron chi connectivity index (χ3n) is 6.58. The van der Waals surface area contributed by atoms with Crippen LogP contribution in [0.4, 0.5) is 23.7 Å². The summed E-state index contributed by atoms with van der Waals surface area (Å²) in [6.45, 7) is 0.306. The first-order valence-corrected chi connectivity index (χ1v) is 14.8. The molecule has 2 aliphatic rings. The number of sulfonamides is 1. The molecule has 1 aliphatic carbocycles. The van der Waals surface area contributed by atoms with E-state index < -0.39 is 33.7 Å². The first-order valence-electron chi connectivity index (χ1n) is 11.7. The Morgan fingerprint density at radius 2 is 1.87 bits per heavy atom. The number of anilines is 1. The summed E-state index contributed by atoms with van der Waals surface area (Å²) in [6, 6.07) is -0.178. The summed E-state index contributed by atoms with van der Waals surface area (Å²) in [5.41, 5.74) is -0.747. The molecule has 18 heteroatoms. The van der Waals surface area contributed by atoms with E-state index in [9.17, 15) is 26.4 Å². The maximum absolute atomic E-state index is 13.6. The molecule has 0 spiro atoms. The summed E-state index contributed by atoms with van der Waals surface area (Å²) in [4.78, 5) is 21.2. The minimum Gasteiger partial charge on any atom is -0.365 e. The lowest BCUT2D eigenvalue weighted by atomic mass is 10.2. The molecule has 212 valence electrons. The number of piperazine rings is 1. The van der Waals surface area contributed by atoms with Gasteiger partial charge in [-0.1, -0.05) is 34.5 Å². The molecule has 3 aromatic heterocycles. The Kier molecular flexibility index (Phi) is 7.37. The highest BCUT2D eigenvalue weighted by atomic mass is 35.5. The van der Waals surface area contributed by atoms with E-state index in [4.69, 9.17) is 23.2 Å². The molecular weight excluding hydrogens is 604 g/mol. The standard InChI is InChI=1S/C21H23Cl2F3N8O3S2/c1-31(2)20(35)33-7-5-32(6-8-33)13-12(22)11(39(36,37)30-21(10-24)3-4-21)9-34-14(13)15(23)27-17(34)19-29-28-18(38-19)16(25)26/h9,16,30H,3-8,10H2,1-2H3. The summed E-state index contributed by atoms with van der Waals surface area (Å²) in [6.07, 6.45) is -1.03. The number of hydrogen-bond acceptors (Lipinski definition) is 8. The number of alkyl halides is 3. The highest BCUT2D eigenvalue weighted by Crippen LogP contribution is 2.44. The molecule has 11 nitrogen and oxygen atoms in total. The van der Waals surface area contributed by atoms with E-state index in [1.807, 2.05) is 0 Å². The van der Waals surface area contributed by atoms with Crippen LogP contribution in [0.5, 0.6) is 0 Å². The van der Waals surface area contributed by atoms with E-state index in [-0.39, 0.29) is 56.2 Å². The summed E-state index contributed by atoms with van der Waals surface area (Å²) < 4.78 is 70.7. The number of nitrogens with zero attached hydrogens (tertiary/aromatic N) is 7. The zero-order valence-corrected chi connectivity index (χ0v) is 23.8. The molecule has 1 saturated heterocycles. The Labute approximate surface area is 235 Å². The molecule has 1 N–H and O–H groups in total. The van der Waals surface area contributed by atoms with Gasteiger partial charge in [0.2, 0.25) is 10.0 Å². The lowest BCUT2D eigenvalue weighted by molar-refractivity contribution is 0.150. The Morgan fingerprint density at radius 3 is 2.41 bits per heavy atom. The van der Waals surface area contributed by atoms with Crippen molar-refractivity contribution >= 4 is 61.8 Å². The topological polar surface area (TPSA) is 116 Å². The van der Waals surface area contributed by atoms with Gasteiger partial charge in [-0.25, -0.2) is 36.1 Å². The van der Waals surface area contributed by atoms with Crippen LogP contribution in [0.15, 0.2) is 11.1 Å². The van der Waals surface area contributed by atoms with Crippen LogP contribution in [0.2, 0.25) is 10.2 Å². The van der Waals surface area contributed by atoms with Gasteiger partial charge in [-0.05, 0) is 12.8 Å². The van der Waals surface area contributed by atoms with Crippen LogP contribution in [0.3, 0.4) is 0 Å². The molecule has 4 heterocycles. The molecule has 2 amide bonds. The lowest BCUT2D eigenvalue weighted by Crippen LogP contribution is -2.51. The fraction of sp³-hybridized carbons (Fsp3) is 0.524. The SMILES string of the molecule is CN(C)C(=O)N1CCN(c2c(Cl)c(S(=O)(=O)NC3(CF)CC3)cn3c(-c4nnc(C(F)F)s4)nc(Cl)c23)CC1. The number of fused-ring (bicyclic) bond motifs is 1. The van der Waals surface area contributed by atoms with Crippen LogP contribution in [0.1, 0.15) is 24.3 Å². The van der Waals surface area contributed by atoms with Gasteiger partial charge < -0.3 is 14.7 Å². The number of carbonyl (C=O) groups excluding carboxylic acids is 1. The smallest absolute Gasteiger partial charge is 0.319 e. The molecule has 1 aliphatic heterocycles. The summed E-state index contributed by atoms with van der Waals surface area (Å²) in [5.74, 6) is -0.0122. The first-order chi connectivity index (χ1) is 18.4. The molecule has 2 fully saturated rings. The third-order valence-corrected chi connectivity index (χ3v) is 9.86. The van der Waals surface area contributed by atoms with E-state index in [0.717, 1.165) is 0 Å². The highest BCUT2D eigenvalue weighted by molar-refractivity contribution is 7.89. The van der Waals surface area contributed by atoms with Gasteiger partial charge in [0.05, 0.1) is 16.2 Å². The zero-order chi connectivity index (χ0) is 28.3. The number of hydrogen-bond donors (Lipinski definition) is 1. The second kappa shape index (κ2) is 10.2. The predicted molar refractivity (Wildman–Crippen MR) is 140 cm³/mol. The molecule has 0 bridgehead atoms. The number of imidazole rings is 1. The first kappa shape index (κ1) is 28.1. The Morgan fingerprint density at radius 1 is 1.21 bits per heavy atom. The second-order valence-electron chi connectivity index (χ2n) is 9.52. The van der Waals surface area contributed by atoms with Gasteiger partial charge in [-0.15, -0.1) is 10.2 Å². The summed E-state index contributed by atoms with van der Waals surface area (Å²) >= 11 is 13.9. The van der Waals surface area contributed by atoms with Crippen LogP contribution < -0.4 is 9.62 Å². The van der Waals surface area contributed by atoms with Crippen LogP contribution >= 0.6 is 34.5 Å². The molecule has 0 aromatic carbocycles.